The van der Waals surface area contributed by atoms with E-state index in [0.717, 1.165) is 39.2 Å². The standard InChI is InChI=1S/C9H19NO2/c10-5-2-6-11-8-4-9-3-1-7-12-9/h9H,1-8,10H2. The van der Waals surface area contributed by atoms with Crippen molar-refractivity contribution in [3.8, 4) is 0 Å². The zero-order valence-corrected chi connectivity index (χ0v) is 7.63. The summed E-state index contributed by atoms with van der Waals surface area (Å²) in [5.74, 6) is 0. The Morgan fingerprint density at radius 3 is 3.00 bits per heavy atom. The van der Waals surface area contributed by atoms with Gasteiger partial charge >= 0.3 is 0 Å². The second-order valence-corrected chi connectivity index (χ2v) is 3.18. The fourth-order valence-corrected chi connectivity index (χ4v) is 1.37. The summed E-state index contributed by atoms with van der Waals surface area (Å²) in [5.41, 5.74) is 5.33. The summed E-state index contributed by atoms with van der Waals surface area (Å²) in [7, 11) is 0. The van der Waals surface area contributed by atoms with E-state index in [2.05, 4.69) is 0 Å². The molecule has 1 atom stereocenters. The second kappa shape index (κ2) is 6.40. The Balaban J connectivity index is 1.81. The predicted octanol–water partition coefficient (Wildman–Crippen LogP) is 0.921. The van der Waals surface area contributed by atoms with Gasteiger partial charge in [0, 0.05) is 19.8 Å². The maximum absolute atomic E-state index is 5.45. The van der Waals surface area contributed by atoms with E-state index in [4.69, 9.17) is 15.2 Å². The SMILES string of the molecule is NCCCOCCC1CCCO1. The number of rotatable bonds is 6. The van der Waals surface area contributed by atoms with Gasteiger partial charge in [-0.3, -0.25) is 0 Å². The summed E-state index contributed by atoms with van der Waals surface area (Å²) >= 11 is 0. The fraction of sp³-hybridized carbons (Fsp3) is 1.00. The molecule has 0 aromatic heterocycles. The Bertz CT molecular complexity index is 103. The lowest BCUT2D eigenvalue weighted by Gasteiger charge is -2.08. The molecule has 0 bridgehead atoms. The van der Waals surface area contributed by atoms with Crippen molar-refractivity contribution in [3.05, 3.63) is 0 Å². The molecule has 0 amide bonds. The van der Waals surface area contributed by atoms with Crippen LogP contribution < -0.4 is 5.73 Å². The van der Waals surface area contributed by atoms with Crippen LogP contribution in [-0.4, -0.2) is 32.5 Å². The summed E-state index contributed by atoms with van der Waals surface area (Å²) < 4.78 is 10.8. The van der Waals surface area contributed by atoms with Crippen molar-refractivity contribution >= 4 is 0 Å². The van der Waals surface area contributed by atoms with E-state index in [1.807, 2.05) is 0 Å². The number of hydrogen-bond donors (Lipinski definition) is 1. The van der Waals surface area contributed by atoms with Gasteiger partial charge in [0.1, 0.15) is 0 Å². The molecule has 0 aliphatic carbocycles. The molecule has 0 aromatic carbocycles. The molecule has 1 unspecified atom stereocenters. The van der Waals surface area contributed by atoms with E-state index in [0.29, 0.717) is 6.10 Å². The van der Waals surface area contributed by atoms with E-state index in [1.165, 1.54) is 12.8 Å². The fourth-order valence-electron chi connectivity index (χ4n) is 1.37. The summed E-state index contributed by atoms with van der Waals surface area (Å²) in [4.78, 5) is 0. The molecule has 1 aliphatic heterocycles. The smallest absolute Gasteiger partial charge is 0.0597 e. The van der Waals surface area contributed by atoms with Gasteiger partial charge in [-0.25, -0.2) is 0 Å². The van der Waals surface area contributed by atoms with E-state index < -0.39 is 0 Å². The van der Waals surface area contributed by atoms with Crippen LogP contribution in [0.1, 0.15) is 25.7 Å². The van der Waals surface area contributed by atoms with Gasteiger partial charge in [0.2, 0.25) is 0 Å². The van der Waals surface area contributed by atoms with Gasteiger partial charge in [-0.15, -0.1) is 0 Å². The van der Waals surface area contributed by atoms with Crippen LogP contribution in [0.25, 0.3) is 0 Å². The van der Waals surface area contributed by atoms with Crippen LogP contribution in [0.4, 0.5) is 0 Å². The molecule has 1 rings (SSSR count). The minimum atomic E-state index is 0.461. The zero-order valence-electron chi connectivity index (χ0n) is 7.63. The van der Waals surface area contributed by atoms with Gasteiger partial charge in [-0.1, -0.05) is 0 Å². The average Bonchev–Trinajstić information content (AvgIpc) is 2.57. The Kier molecular flexibility index (Phi) is 5.32. The number of ether oxygens (including phenoxy) is 2. The number of hydrogen-bond acceptors (Lipinski definition) is 3. The van der Waals surface area contributed by atoms with Crippen molar-refractivity contribution < 1.29 is 9.47 Å². The zero-order chi connectivity index (χ0) is 8.65. The Labute approximate surface area is 74.2 Å². The highest BCUT2D eigenvalue weighted by Gasteiger charge is 2.14. The summed E-state index contributed by atoms with van der Waals surface area (Å²) in [6, 6.07) is 0. The first-order valence-corrected chi connectivity index (χ1v) is 4.83. The average molecular weight is 173 g/mol. The highest BCUT2D eigenvalue weighted by Crippen LogP contribution is 2.14. The van der Waals surface area contributed by atoms with E-state index in [-0.39, 0.29) is 0 Å². The molecule has 1 saturated heterocycles. The van der Waals surface area contributed by atoms with Crippen molar-refractivity contribution in [2.24, 2.45) is 5.73 Å². The van der Waals surface area contributed by atoms with Gasteiger partial charge < -0.3 is 15.2 Å². The van der Waals surface area contributed by atoms with Crippen molar-refractivity contribution in [2.45, 2.75) is 31.8 Å². The topological polar surface area (TPSA) is 44.5 Å². The van der Waals surface area contributed by atoms with Crippen molar-refractivity contribution in [1.29, 1.82) is 0 Å². The van der Waals surface area contributed by atoms with Crippen molar-refractivity contribution in [2.75, 3.05) is 26.4 Å². The summed E-state index contributed by atoms with van der Waals surface area (Å²) in [6.45, 7) is 3.28. The molecule has 72 valence electrons. The number of nitrogens with two attached hydrogens (primary N) is 1. The van der Waals surface area contributed by atoms with Crippen LogP contribution in [0.5, 0.6) is 0 Å². The molecule has 0 radical (unpaired) electrons. The maximum atomic E-state index is 5.45. The third kappa shape index (κ3) is 4.04. The first-order valence-electron chi connectivity index (χ1n) is 4.83. The Hall–Kier alpha value is -0.120. The lowest BCUT2D eigenvalue weighted by atomic mass is 10.2. The molecular weight excluding hydrogens is 154 g/mol. The molecule has 3 heteroatoms. The van der Waals surface area contributed by atoms with Crippen LogP contribution in [-0.2, 0) is 9.47 Å². The molecule has 12 heavy (non-hydrogen) atoms. The molecule has 0 saturated carbocycles. The first kappa shape index (κ1) is 9.96. The quantitative estimate of drug-likeness (QED) is 0.607. The molecule has 2 N–H and O–H groups in total. The minimum Gasteiger partial charge on any atom is -0.381 e. The van der Waals surface area contributed by atoms with Crippen LogP contribution >= 0.6 is 0 Å². The largest absolute Gasteiger partial charge is 0.381 e. The molecule has 0 spiro atoms. The van der Waals surface area contributed by atoms with Crippen molar-refractivity contribution in [1.82, 2.24) is 0 Å². The molecule has 0 aromatic rings. The van der Waals surface area contributed by atoms with Crippen molar-refractivity contribution in [3.63, 3.8) is 0 Å². The monoisotopic (exact) mass is 173 g/mol. The van der Waals surface area contributed by atoms with Crippen LogP contribution in [0.15, 0.2) is 0 Å². The van der Waals surface area contributed by atoms with E-state index in [9.17, 15) is 0 Å². The minimum absolute atomic E-state index is 0.461. The Morgan fingerprint density at radius 2 is 2.33 bits per heavy atom. The van der Waals surface area contributed by atoms with Gasteiger partial charge in [0.05, 0.1) is 6.10 Å². The molecule has 3 nitrogen and oxygen atoms in total. The lowest BCUT2D eigenvalue weighted by molar-refractivity contribution is 0.0591. The Morgan fingerprint density at radius 1 is 1.42 bits per heavy atom. The van der Waals surface area contributed by atoms with E-state index in [1.54, 1.807) is 0 Å². The van der Waals surface area contributed by atoms with Crippen LogP contribution in [0, 0.1) is 0 Å². The first-order chi connectivity index (χ1) is 5.93. The molecular formula is C9H19NO2. The van der Waals surface area contributed by atoms with Crippen LogP contribution in [0.3, 0.4) is 0 Å². The normalized spacial score (nSPS) is 23.2. The third-order valence-corrected chi connectivity index (χ3v) is 2.10. The highest BCUT2D eigenvalue weighted by atomic mass is 16.5. The molecule has 1 fully saturated rings. The van der Waals surface area contributed by atoms with E-state index >= 15 is 0 Å². The molecule has 1 aliphatic rings. The van der Waals surface area contributed by atoms with Gasteiger partial charge in [0.15, 0.2) is 0 Å². The van der Waals surface area contributed by atoms with Gasteiger partial charge in [-0.05, 0) is 32.2 Å². The summed E-state index contributed by atoms with van der Waals surface area (Å²) in [6.07, 6.45) is 4.90. The molecule has 1 heterocycles. The lowest BCUT2D eigenvalue weighted by Crippen LogP contribution is -2.11. The summed E-state index contributed by atoms with van der Waals surface area (Å²) in [5, 5.41) is 0. The second-order valence-electron chi connectivity index (χ2n) is 3.18. The highest BCUT2D eigenvalue weighted by molar-refractivity contribution is 4.63. The van der Waals surface area contributed by atoms with Crippen LogP contribution in [0.2, 0.25) is 0 Å². The maximum Gasteiger partial charge on any atom is 0.0597 e. The van der Waals surface area contributed by atoms with Gasteiger partial charge in [0.25, 0.3) is 0 Å². The predicted molar refractivity (Wildman–Crippen MR) is 48.1 cm³/mol. The third-order valence-electron chi connectivity index (χ3n) is 2.10. The van der Waals surface area contributed by atoms with Gasteiger partial charge in [-0.2, -0.15) is 0 Å².